The van der Waals surface area contributed by atoms with Gasteiger partial charge in [0.25, 0.3) is 0 Å². The van der Waals surface area contributed by atoms with E-state index in [1.807, 2.05) is 0 Å². The Morgan fingerprint density at radius 2 is 1.72 bits per heavy atom. The molecule has 0 saturated heterocycles. The van der Waals surface area contributed by atoms with Crippen LogP contribution in [-0.4, -0.2) is 6.04 Å². The first-order chi connectivity index (χ1) is 8.74. The summed E-state index contributed by atoms with van der Waals surface area (Å²) >= 11 is 0. The second kappa shape index (κ2) is 4.95. The molecule has 3 rings (SSSR count). The third-order valence-corrected chi connectivity index (χ3v) is 5.06. The second-order valence-electron chi connectivity index (χ2n) is 6.53. The highest BCUT2D eigenvalue weighted by Gasteiger charge is 2.32. The van der Waals surface area contributed by atoms with Gasteiger partial charge in [0.2, 0.25) is 0 Å². The molecule has 0 aromatic heterocycles. The average Bonchev–Trinajstić information content (AvgIpc) is 2.39. The molecule has 1 aliphatic heterocycles. The molecule has 1 aromatic rings. The lowest BCUT2D eigenvalue weighted by atomic mass is 9.73. The van der Waals surface area contributed by atoms with Crippen molar-refractivity contribution in [2.75, 3.05) is 5.32 Å². The molecule has 1 N–H and O–H groups in total. The van der Waals surface area contributed by atoms with Crippen molar-refractivity contribution in [2.24, 2.45) is 17.8 Å². The fourth-order valence-electron chi connectivity index (χ4n) is 3.86. The SMILES string of the molecule is CC1CCC(C2Nc3ccccc3CC2C)CC1. The number of nitrogens with one attached hydrogen (secondary N) is 1. The number of benzene rings is 1. The van der Waals surface area contributed by atoms with E-state index in [4.69, 9.17) is 0 Å². The minimum Gasteiger partial charge on any atom is -0.382 e. The lowest BCUT2D eigenvalue weighted by Crippen LogP contribution is -2.40. The van der Waals surface area contributed by atoms with Crippen LogP contribution < -0.4 is 5.32 Å². The van der Waals surface area contributed by atoms with Gasteiger partial charge in [-0.25, -0.2) is 0 Å². The molecule has 1 fully saturated rings. The average molecular weight is 243 g/mol. The Bertz CT molecular complexity index is 404. The van der Waals surface area contributed by atoms with Crippen molar-refractivity contribution in [3.8, 4) is 0 Å². The van der Waals surface area contributed by atoms with Crippen molar-refractivity contribution in [3.05, 3.63) is 29.8 Å². The molecule has 18 heavy (non-hydrogen) atoms. The van der Waals surface area contributed by atoms with E-state index in [2.05, 4.69) is 43.4 Å². The maximum Gasteiger partial charge on any atom is 0.0375 e. The van der Waals surface area contributed by atoms with Gasteiger partial charge in [-0.1, -0.05) is 44.9 Å². The van der Waals surface area contributed by atoms with Crippen LogP contribution >= 0.6 is 0 Å². The Kier molecular flexibility index (Phi) is 3.32. The first-order valence-electron chi connectivity index (χ1n) is 7.58. The number of fused-ring (bicyclic) bond motifs is 1. The van der Waals surface area contributed by atoms with Crippen LogP contribution in [0.4, 0.5) is 5.69 Å². The summed E-state index contributed by atoms with van der Waals surface area (Å²) in [5.41, 5.74) is 2.89. The largest absolute Gasteiger partial charge is 0.382 e. The van der Waals surface area contributed by atoms with Gasteiger partial charge in [-0.05, 0) is 48.6 Å². The summed E-state index contributed by atoms with van der Waals surface area (Å²) in [6.07, 6.45) is 6.95. The molecule has 2 unspecified atom stereocenters. The van der Waals surface area contributed by atoms with Crippen LogP contribution in [0.3, 0.4) is 0 Å². The molecule has 1 aromatic carbocycles. The Hall–Kier alpha value is -0.980. The summed E-state index contributed by atoms with van der Waals surface area (Å²) in [4.78, 5) is 0. The third kappa shape index (κ3) is 2.28. The van der Waals surface area contributed by atoms with Gasteiger partial charge in [0, 0.05) is 11.7 Å². The summed E-state index contributed by atoms with van der Waals surface area (Å²) in [6, 6.07) is 9.54. The van der Waals surface area contributed by atoms with Gasteiger partial charge in [0.05, 0.1) is 0 Å². The second-order valence-corrected chi connectivity index (χ2v) is 6.53. The number of hydrogen-bond acceptors (Lipinski definition) is 1. The summed E-state index contributed by atoms with van der Waals surface area (Å²) in [7, 11) is 0. The normalized spacial score (nSPS) is 35.7. The highest BCUT2D eigenvalue weighted by Crippen LogP contribution is 2.38. The van der Waals surface area contributed by atoms with Crippen molar-refractivity contribution in [2.45, 2.75) is 52.0 Å². The number of hydrogen-bond donors (Lipinski definition) is 1. The monoisotopic (exact) mass is 243 g/mol. The van der Waals surface area contributed by atoms with Gasteiger partial charge in [-0.2, -0.15) is 0 Å². The highest BCUT2D eigenvalue weighted by molar-refractivity contribution is 5.54. The topological polar surface area (TPSA) is 12.0 Å². The molecule has 1 nitrogen and oxygen atoms in total. The molecule has 1 saturated carbocycles. The molecule has 98 valence electrons. The maximum atomic E-state index is 3.83. The van der Waals surface area contributed by atoms with Crippen molar-refractivity contribution in [3.63, 3.8) is 0 Å². The maximum absolute atomic E-state index is 3.83. The predicted octanol–water partition coefficient (Wildman–Crippen LogP) is 4.49. The van der Waals surface area contributed by atoms with Gasteiger partial charge in [0.1, 0.15) is 0 Å². The van der Waals surface area contributed by atoms with Crippen LogP contribution in [0.15, 0.2) is 24.3 Å². The Morgan fingerprint density at radius 3 is 2.50 bits per heavy atom. The van der Waals surface area contributed by atoms with E-state index in [-0.39, 0.29) is 0 Å². The lowest BCUT2D eigenvalue weighted by Gasteiger charge is -2.40. The van der Waals surface area contributed by atoms with Gasteiger partial charge in [-0.3, -0.25) is 0 Å². The predicted molar refractivity (Wildman–Crippen MR) is 77.8 cm³/mol. The molecular formula is C17H25N. The lowest BCUT2D eigenvalue weighted by molar-refractivity contribution is 0.226. The minimum absolute atomic E-state index is 0.701. The van der Waals surface area contributed by atoms with Crippen LogP contribution in [0.25, 0.3) is 0 Å². The Labute approximate surface area is 111 Å². The molecule has 2 aliphatic rings. The molecule has 2 atom stereocenters. The van der Waals surface area contributed by atoms with Gasteiger partial charge in [-0.15, -0.1) is 0 Å². The van der Waals surface area contributed by atoms with Gasteiger partial charge in [0.15, 0.2) is 0 Å². The number of rotatable bonds is 1. The molecule has 0 radical (unpaired) electrons. The number of anilines is 1. The van der Waals surface area contributed by atoms with Crippen molar-refractivity contribution < 1.29 is 0 Å². The Morgan fingerprint density at radius 1 is 1.00 bits per heavy atom. The van der Waals surface area contributed by atoms with Crippen LogP contribution in [0, 0.1) is 17.8 Å². The molecular weight excluding hydrogens is 218 g/mol. The first kappa shape index (κ1) is 12.1. The zero-order valence-corrected chi connectivity index (χ0v) is 11.7. The number of para-hydroxylation sites is 1. The molecule has 0 amide bonds. The van der Waals surface area contributed by atoms with E-state index in [0.717, 1.165) is 17.8 Å². The van der Waals surface area contributed by atoms with E-state index >= 15 is 0 Å². The van der Waals surface area contributed by atoms with Crippen molar-refractivity contribution in [1.29, 1.82) is 0 Å². The minimum atomic E-state index is 0.701. The molecule has 0 spiro atoms. The smallest absolute Gasteiger partial charge is 0.0375 e. The quantitative estimate of drug-likeness (QED) is 0.766. The fraction of sp³-hybridized carbons (Fsp3) is 0.647. The molecule has 0 bridgehead atoms. The highest BCUT2D eigenvalue weighted by atomic mass is 15.0. The van der Waals surface area contributed by atoms with E-state index < -0.39 is 0 Å². The van der Waals surface area contributed by atoms with E-state index in [1.54, 1.807) is 0 Å². The van der Waals surface area contributed by atoms with Gasteiger partial charge < -0.3 is 5.32 Å². The van der Waals surface area contributed by atoms with Crippen molar-refractivity contribution >= 4 is 5.69 Å². The van der Waals surface area contributed by atoms with E-state index in [0.29, 0.717) is 6.04 Å². The van der Waals surface area contributed by atoms with Gasteiger partial charge >= 0.3 is 0 Å². The Balaban J connectivity index is 1.74. The van der Waals surface area contributed by atoms with E-state index in [9.17, 15) is 0 Å². The molecule has 1 heteroatoms. The summed E-state index contributed by atoms with van der Waals surface area (Å²) in [5.74, 6) is 2.62. The van der Waals surface area contributed by atoms with Crippen LogP contribution in [0.2, 0.25) is 0 Å². The van der Waals surface area contributed by atoms with Crippen LogP contribution in [0.5, 0.6) is 0 Å². The zero-order chi connectivity index (χ0) is 12.5. The van der Waals surface area contributed by atoms with E-state index in [1.165, 1.54) is 43.4 Å². The van der Waals surface area contributed by atoms with Crippen LogP contribution in [-0.2, 0) is 6.42 Å². The zero-order valence-electron chi connectivity index (χ0n) is 11.7. The molecule has 1 aliphatic carbocycles. The summed E-state index contributed by atoms with van der Waals surface area (Å²) < 4.78 is 0. The summed E-state index contributed by atoms with van der Waals surface area (Å²) in [5, 5.41) is 3.83. The standard InChI is InChI=1S/C17H25N/c1-12-7-9-14(10-8-12)17-13(2)11-15-5-3-4-6-16(15)18-17/h3-6,12-14,17-18H,7-11H2,1-2H3. The first-order valence-corrected chi connectivity index (χ1v) is 7.58. The summed E-state index contributed by atoms with van der Waals surface area (Å²) in [6.45, 7) is 4.83. The molecule has 1 heterocycles. The van der Waals surface area contributed by atoms with Crippen LogP contribution in [0.1, 0.15) is 45.1 Å². The third-order valence-electron chi connectivity index (χ3n) is 5.06. The fourth-order valence-corrected chi connectivity index (χ4v) is 3.86. The van der Waals surface area contributed by atoms with Crippen molar-refractivity contribution in [1.82, 2.24) is 0 Å².